The van der Waals surface area contributed by atoms with Gasteiger partial charge in [-0.2, -0.15) is 0 Å². The van der Waals surface area contributed by atoms with Crippen LogP contribution in [0.5, 0.6) is 0 Å². The molecule has 84 valence electrons. The first-order chi connectivity index (χ1) is 7.08. The number of rotatable bonds is 2. The van der Waals surface area contributed by atoms with Gasteiger partial charge in [0.25, 0.3) is 0 Å². The van der Waals surface area contributed by atoms with Crippen LogP contribution in [0.25, 0.3) is 0 Å². The first-order valence-electron chi connectivity index (χ1n) is 5.56. The molecule has 0 radical (unpaired) electrons. The maximum Gasteiger partial charge on any atom is 0.223 e. The van der Waals surface area contributed by atoms with Crippen LogP contribution in [-0.2, 0) is 4.79 Å². The Labute approximate surface area is 92.0 Å². The number of hydrogen-bond donors (Lipinski definition) is 1. The summed E-state index contributed by atoms with van der Waals surface area (Å²) in [7, 11) is 0. The van der Waals surface area contributed by atoms with E-state index in [-0.39, 0.29) is 11.3 Å². The highest BCUT2D eigenvalue weighted by atomic mass is 16.1. The van der Waals surface area contributed by atoms with Crippen molar-refractivity contribution in [2.45, 2.75) is 33.1 Å². The van der Waals surface area contributed by atoms with E-state index in [9.17, 15) is 4.79 Å². The minimum absolute atomic E-state index is 0.165. The van der Waals surface area contributed by atoms with Gasteiger partial charge < -0.3 is 5.73 Å². The number of primary amides is 1. The third-order valence-electron chi connectivity index (χ3n) is 3.16. The molecule has 1 amide bonds. The van der Waals surface area contributed by atoms with Crippen molar-refractivity contribution < 1.29 is 4.79 Å². The normalized spacial score (nSPS) is 20.4. The lowest BCUT2D eigenvalue weighted by Gasteiger charge is -2.36. The van der Waals surface area contributed by atoms with Crippen LogP contribution in [0.15, 0.2) is 0 Å². The van der Waals surface area contributed by atoms with Crippen molar-refractivity contribution in [1.29, 1.82) is 0 Å². The van der Waals surface area contributed by atoms with E-state index in [1.165, 1.54) is 0 Å². The Bertz CT molecular complexity index is 280. The van der Waals surface area contributed by atoms with Gasteiger partial charge in [-0.3, -0.25) is 9.69 Å². The first kappa shape index (κ1) is 12.1. The van der Waals surface area contributed by atoms with Gasteiger partial charge in [0.1, 0.15) is 0 Å². The van der Waals surface area contributed by atoms with Crippen molar-refractivity contribution in [3.8, 4) is 11.8 Å². The monoisotopic (exact) mass is 208 g/mol. The summed E-state index contributed by atoms with van der Waals surface area (Å²) in [5.41, 5.74) is 5.09. The summed E-state index contributed by atoms with van der Waals surface area (Å²) < 4.78 is 0. The molecule has 1 aliphatic heterocycles. The van der Waals surface area contributed by atoms with E-state index in [0.717, 1.165) is 38.9 Å². The lowest BCUT2D eigenvalue weighted by atomic mass is 9.80. The Morgan fingerprint density at radius 3 is 2.47 bits per heavy atom. The smallest absolute Gasteiger partial charge is 0.223 e. The van der Waals surface area contributed by atoms with Crippen molar-refractivity contribution >= 4 is 5.91 Å². The third kappa shape index (κ3) is 3.24. The molecule has 1 aliphatic rings. The predicted molar refractivity (Wildman–Crippen MR) is 61.0 cm³/mol. The molecule has 1 fully saturated rings. The SMILES string of the molecule is CCC#CCN1CCC(C)(C(N)=O)CC1. The molecule has 2 N–H and O–H groups in total. The van der Waals surface area contributed by atoms with Crippen LogP contribution in [0.2, 0.25) is 0 Å². The fraction of sp³-hybridized carbons (Fsp3) is 0.750. The molecule has 1 rings (SSSR count). The molecule has 0 aromatic rings. The third-order valence-corrected chi connectivity index (χ3v) is 3.16. The molecule has 3 nitrogen and oxygen atoms in total. The van der Waals surface area contributed by atoms with Crippen molar-refractivity contribution in [2.75, 3.05) is 19.6 Å². The second-order valence-electron chi connectivity index (χ2n) is 4.41. The average molecular weight is 208 g/mol. The van der Waals surface area contributed by atoms with Gasteiger partial charge in [-0.1, -0.05) is 19.8 Å². The molecular formula is C12H20N2O. The Morgan fingerprint density at radius 2 is 2.00 bits per heavy atom. The van der Waals surface area contributed by atoms with E-state index >= 15 is 0 Å². The fourth-order valence-electron chi connectivity index (χ4n) is 1.74. The molecule has 1 heterocycles. The molecule has 0 atom stereocenters. The van der Waals surface area contributed by atoms with Gasteiger partial charge in [0.2, 0.25) is 5.91 Å². The number of carbonyl (C=O) groups excluding carboxylic acids is 1. The lowest BCUT2D eigenvalue weighted by molar-refractivity contribution is -0.129. The zero-order valence-corrected chi connectivity index (χ0v) is 9.68. The van der Waals surface area contributed by atoms with Crippen LogP contribution in [-0.4, -0.2) is 30.4 Å². The summed E-state index contributed by atoms with van der Waals surface area (Å²) in [4.78, 5) is 13.5. The van der Waals surface area contributed by atoms with Crippen LogP contribution in [0, 0.1) is 17.3 Å². The van der Waals surface area contributed by atoms with E-state index in [2.05, 4.69) is 16.7 Å². The molecule has 0 unspecified atom stereocenters. The summed E-state index contributed by atoms with van der Waals surface area (Å²) in [6.45, 7) is 6.69. The molecule has 0 aliphatic carbocycles. The molecule has 15 heavy (non-hydrogen) atoms. The highest BCUT2D eigenvalue weighted by Gasteiger charge is 2.34. The number of nitrogens with two attached hydrogens (primary N) is 1. The molecule has 0 bridgehead atoms. The Hall–Kier alpha value is -1.01. The van der Waals surface area contributed by atoms with Gasteiger partial charge in [-0.25, -0.2) is 0 Å². The van der Waals surface area contributed by atoms with Gasteiger partial charge >= 0.3 is 0 Å². The Kier molecular flexibility index (Phi) is 4.16. The van der Waals surface area contributed by atoms with Crippen molar-refractivity contribution in [1.82, 2.24) is 4.90 Å². The number of likely N-dealkylation sites (tertiary alicyclic amines) is 1. The molecule has 0 saturated carbocycles. The predicted octanol–water partition coefficient (Wildman–Crippen LogP) is 0.987. The van der Waals surface area contributed by atoms with E-state index in [1.807, 2.05) is 13.8 Å². The van der Waals surface area contributed by atoms with Crippen molar-refractivity contribution in [2.24, 2.45) is 11.1 Å². The van der Waals surface area contributed by atoms with Gasteiger partial charge in [0, 0.05) is 24.9 Å². The highest BCUT2D eigenvalue weighted by molar-refractivity contribution is 5.80. The number of carbonyl (C=O) groups is 1. The van der Waals surface area contributed by atoms with Gasteiger partial charge in [0.15, 0.2) is 0 Å². The summed E-state index contributed by atoms with van der Waals surface area (Å²) in [6, 6.07) is 0. The zero-order chi connectivity index (χ0) is 11.3. The van der Waals surface area contributed by atoms with Crippen LogP contribution in [0.3, 0.4) is 0 Å². The van der Waals surface area contributed by atoms with Crippen LogP contribution in [0.1, 0.15) is 33.1 Å². The number of hydrogen-bond acceptors (Lipinski definition) is 2. The van der Waals surface area contributed by atoms with E-state index in [0.29, 0.717) is 0 Å². The quantitative estimate of drug-likeness (QED) is 0.688. The number of piperidine rings is 1. The highest BCUT2D eigenvalue weighted by Crippen LogP contribution is 2.29. The summed E-state index contributed by atoms with van der Waals surface area (Å²) in [6.07, 6.45) is 2.62. The zero-order valence-electron chi connectivity index (χ0n) is 9.68. The lowest BCUT2D eigenvalue weighted by Crippen LogP contribution is -2.45. The molecule has 0 aromatic carbocycles. The minimum atomic E-state index is -0.297. The fourth-order valence-corrected chi connectivity index (χ4v) is 1.74. The van der Waals surface area contributed by atoms with Gasteiger partial charge in [-0.15, -0.1) is 5.92 Å². The number of amides is 1. The number of nitrogens with zero attached hydrogens (tertiary/aromatic N) is 1. The topological polar surface area (TPSA) is 46.3 Å². The Balaban J connectivity index is 2.39. The standard InChI is InChI=1S/C12H20N2O/c1-3-4-5-8-14-9-6-12(2,7-10-14)11(13)15/h3,6-10H2,1-2H3,(H2,13,15). The maximum absolute atomic E-state index is 11.2. The molecule has 1 saturated heterocycles. The second kappa shape index (κ2) is 5.18. The van der Waals surface area contributed by atoms with Crippen LogP contribution >= 0.6 is 0 Å². The van der Waals surface area contributed by atoms with Gasteiger partial charge in [-0.05, 0) is 12.8 Å². The van der Waals surface area contributed by atoms with Crippen molar-refractivity contribution in [3.63, 3.8) is 0 Å². The minimum Gasteiger partial charge on any atom is -0.369 e. The first-order valence-corrected chi connectivity index (χ1v) is 5.56. The van der Waals surface area contributed by atoms with E-state index in [1.54, 1.807) is 0 Å². The van der Waals surface area contributed by atoms with E-state index in [4.69, 9.17) is 5.73 Å². The van der Waals surface area contributed by atoms with Gasteiger partial charge in [0.05, 0.1) is 6.54 Å². The summed E-state index contributed by atoms with van der Waals surface area (Å²) >= 11 is 0. The molecule has 0 spiro atoms. The molecular weight excluding hydrogens is 188 g/mol. The molecule has 0 aromatic heterocycles. The second-order valence-corrected chi connectivity index (χ2v) is 4.41. The van der Waals surface area contributed by atoms with Crippen LogP contribution in [0.4, 0.5) is 0 Å². The Morgan fingerprint density at radius 1 is 1.40 bits per heavy atom. The molecule has 3 heteroatoms. The maximum atomic E-state index is 11.2. The van der Waals surface area contributed by atoms with Crippen LogP contribution < -0.4 is 5.73 Å². The largest absolute Gasteiger partial charge is 0.369 e. The van der Waals surface area contributed by atoms with E-state index < -0.39 is 0 Å². The average Bonchev–Trinajstić information content (AvgIpc) is 2.21. The summed E-state index contributed by atoms with van der Waals surface area (Å²) in [5.74, 6) is 6.01. The summed E-state index contributed by atoms with van der Waals surface area (Å²) in [5, 5.41) is 0. The van der Waals surface area contributed by atoms with Crippen molar-refractivity contribution in [3.05, 3.63) is 0 Å².